The Morgan fingerprint density at radius 1 is 0.475 bits per heavy atom. The molecule has 0 amide bonds. The minimum atomic E-state index is -4.64. The summed E-state index contributed by atoms with van der Waals surface area (Å²) in [6.45, 7) is 2.11. The second kappa shape index (κ2) is 44.0. The number of phosphoric acid groups is 1. The molecule has 0 rings (SSSR count). The lowest BCUT2D eigenvalue weighted by Crippen LogP contribution is -2.28. The molecule has 0 spiro atoms. The topological polar surface area (TPSA) is 149 Å². The number of ether oxygens (including phenoxy) is 2. The van der Waals surface area contributed by atoms with Gasteiger partial charge in [0.15, 0.2) is 0 Å². The molecule has 0 heterocycles. The van der Waals surface area contributed by atoms with Crippen LogP contribution in [0.15, 0.2) is 48.6 Å². The minimum absolute atomic E-state index is 0.182. The van der Waals surface area contributed by atoms with Crippen LogP contribution >= 0.6 is 7.82 Å². The van der Waals surface area contributed by atoms with Crippen molar-refractivity contribution in [2.75, 3.05) is 26.4 Å². The monoisotopic (exact) mass is 855 g/mol. The van der Waals surface area contributed by atoms with Crippen LogP contribution in [0.4, 0.5) is 0 Å². The first-order valence-electron chi connectivity index (χ1n) is 23.6. The van der Waals surface area contributed by atoms with Gasteiger partial charge in [0.05, 0.1) is 26.4 Å². The van der Waals surface area contributed by atoms with Gasteiger partial charge in [-0.1, -0.05) is 191 Å². The van der Waals surface area contributed by atoms with E-state index in [-0.39, 0.29) is 12.8 Å². The normalized spacial score (nSPS) is 14.2. The van der Waals surface area contributed by atoms with E-state index in [1.165, 1.54) is 96.3 Å². The molecule has 0 aromatic carbocycles. The molecule has 0 aromatic rings. The molecule has 0 radical (unpaired) electrons. The first kappa shape index (κ1) is 56.9. The summed E-state index contributed by atoms with van der Waals surface area (Å²) in [5.41, 5.74) is 0. The van der Waals surface area contributed by atoms with Gasteiger partial charge in [0, 0.05) is 12.8 Å². The predicted molar refractivity (Wildman–Crippen MR) is 242 cm³/mol. The average molecular weight is 855 g/mol. The molecule has 0 saturated carbocycles. The number of aliphatic hydroxyl groups excluding tert-OH is 2. The molecule has 11 heteroatoms. The van der Waals surface area contributed by atoms with Gasteiger partial charge in [0.1, 0.15) is 12.2 Å². The molecule has 10 nitrogen and oxygen atoms in total. The van der Waals surface area contributed by atoms with Crippen LogP contribution in [0, 0.1) is 0 Å². The lowest BCUT2D eigenvalue weighted by Gasteiger charge is -2.20. The summed E-state index contributed by atoms with van der Waals surface area (Å²) in [7, 11) is -4.64. The van der Waals surface area contributed by atoms with Crippen molar-refractivity contribution in [3.05, 3.63) is 48.6 Å². The van der Waals surface area contributed by atoms with Crippen molar-refractivity contribution < 1.29 is 47.8 Å². The molecule has 0 bridgehead atoms. The van der Waals surface area contributed by atoms with Gasteiger partial charge >= 0.3 is 19.8 Å². The van der Waals surface area contributed by atoms with E-state index in [0.29, 0.717) is 12.8 Å². The summed E-state index contributed by atoms with van der Waals surface area (Å²) < 4.78 is 32.6. The van der Waals surface area contributed by atoms with Crippen molar-refractivity contribution >= 4 is 19.8 Å². The fourth-order valence-electron chi connectivity index (χ4n) is 6.46. The molecule has 0 saturated heterocycles. The molecule has 0 aromatic heterocycles. The van der Waals surface area contributed by atoms with Crippen LogP contribution in [-0.4, -0.2) is 65.7 Å². The summed E-state index contributed by atoms with van der Waals surface area (Å²) in [6, 6.07) is 0. The number of aliphatic hydroxyl groups is 2. The summed E-state index contributed by atoms with van der Waals surface area (Å²) in [5, 5.41) is 19.2. The zero-order valence-corrected chi connectivity index (χ0v) is 38.4. The Hall–Kier alpha value is -2.07. The lowest BCUT2D eigenvalue weighted by molar-refractivity contribution is -0.153. The Kier molecular flexibility index (Phi) is 42.5. The number of rotatable bonds is 44. The van der Waals surface area contributed by atoms with Gasteiger partial charge in [-0.25, -0.2) is 4.57 Å². The minimum Gasteiger partial charge on any atom is -0.457 e. The third-order valence-electron chi connectivity index (χ3n) is 10.1. The number of hydrogen-bond acceptors (Lipinski definition) is 9. The molecule has 3 N–H and O–H groups in total. The largest absolute Gasteiger partial charge is 0.472 e. The quantitative estimate of drug-likeness (QED) is 0.0234. The third kappa shape index (κ3) is 42.4. The van der Waals surface area contributed by atoms with Crippen molar-refractivity contribution in [3.63, 3.8) is 0 Å². The summed E-state index contributed by atoms with van der Waals surface area (Å²) in [5.74, 6) is -1.02. The highest BCUT2D eigenvalue weighted by atomic mass is 31.2. The fraction of sp³-hybridized carbons (Fsp3) is 0.792. The van der Waals surface area contributed by atoms with Crippen molar-refractivity contribution in [2.45, 2.75) is 219 Å². The average Bonchev–Trinajstić information content (AvgIpc) is 3.22. The molecule has 0 aliphatic heterocycles. The fourth-order valence-corrected chi connectivity index (χ4v) is 7.24. The molecule has 0 fully saturated rings. The van der Waals surface area contributed by atoms with Crippen LogP contribution in [0.3, 0.4) is 0 Å². The van der Waals surface area contributed by atoms with Crippen LogP contribution in [0.1, 0.15) is 206 Å². The Labute approximate surface area is 360 Å². The number of allylic oxidation sites excluding steroid dienone is 8. The highest BCUT2D eigenvalue weighted by molar-refractivity contribution is 7.47. The number of carbonyl (C=O) groups is 2. The van der Waals surface area contributed by atoms with Crippen molar-refractivity contribution in [1.29, 1.82) is 0 Å². The smallest absolute Gasteiger partial charge is 0.457 e. The first-order chi connectivity index (χ1) is 28.8. The van der Waals surface area contributed by atoms with Gasteiger partial charge in [0.2, 0.25) is 0 Å². The second-order valence-electron chi connectivity index (χ2n) is 15.7. The van der Waals surface area contributed by atoms with Crippen molar-refractivity contribution in [1.82, 2.24) is 0 Å². The number of hydrogen-bond donors (Lipinski definition) is 3. The highest BCUT2D eigenvalue weighted by Crippen LogP contribution is 2.43. The van der Waals surface area contributed by atoms with E-state index in [1.54, 1.807) is 0 Å². The number of carbonyl (C=O) groups excluding carboxylic acids is 2. The second-order valence-corrected chi connectivity index (χ2v) is 17.2. The molecule has 3 unspecified atom stereocenters. The van der Waals surface area contributed by atoms with Gasteiger partial charge in [-0.3, -0.25) is 18.6 Å². The van der Waals surface area contributed by atoms with Gasteiger partial charge < -0.3 is 24.6 Å². The maximum atomic E-state index is 12.4. The van der Waals surface area contributed by atoms with Crippen LogP contribution in [0.2, 0.25) is 0 Å². The van der Waals surface area contributed by atoms with E-state index in [4.69, 9.17) is 18.5 Å². The molecular formula is C48H87O10P. The maximum absolute atomic E-state index is 12.4. The van der Waals surface area contributed by atoms with Crippen LogP contribution in [-0.2, 0) is 32.7 Å². The van der Waals surface area contributed by atoms with Gasteiger partial charge in [-0.2, -0.15) is 0 Å². The molecule has 59 heavy (non-hydrogen) atoms. The molecule has 344 valence electrons. The maximum Gasteiger partial charge on any atom is 0.472 e. The predicted octanol–water partition coefficient (Wildman–Crippen LogP) is 12.9. The first-order valence-corrected chi connectivity index (χ1v) is 25.1. The SMILES string of the molecule is CC/C=C\C/C=C\C/C=C\C/C=C\CCCCCCCCCCC(=O)OC(CO)COP(=O)(O)OCC(CO)OC(=O)CCCCCCCCCCCCCCCCC. The van der Waals surface area contributed by atoms with E-state index in [9.17, 15) is 29.3 Å². The van der Waals surface area contributed by atoms with Crippen molar-refractivity contribution in [3.8, 4) is 0 Å². The third-order valence-corrected chi connectivity index (χ3v) is 11.0. The summed E-state index contributed by atoms with van der Waals surface area (Å²) >= 11 is 0. The van der Waals surface area contributed by atoms with Crippen LogP contribution < -0.4 is 0 Å². The Balaban J connectivity index is 3.88. The molecular weight excluding hydrogens is 767 g/mol. The summed E-state index contributed by atoms with van der Waals surface area (Å²) in [4.78, 5) is 34.6. The highest BCUT2D eigenvalue weighted by Gasteiger charge is 2.27. The standard InChI is InChI=1S/C48H87O10P/c1-3-5-7-9-11-13-15-17-19-20-21-22-23-24-26-28-30-32-34-36-38-40-48(52)58-46(42-50)44-56-59(53,54)55-43-45(41-49)57-47(51)39-37-35-33-31-29-27-25-18-16-14-12-10-8-6-4-2/h5,7,11,13,17,19,21-22,45-46,49-50H,3-4,6,8-10,12,14-16,18,20,23-44H2,1-2H3,(H,53,54)/b7-5-,13-11-,19-17-,22-21-. The van der Waals surface area contributed by atoms with Gasteiger partial charge in [-0.05, 0) is 51.4 Å². The van der Waals surface area contributed by atoms with Crippen LogP contribution in [0.25, 0.3) is 0 Å². The van der Waals surface area contributed by atoms with E-state index in [1.807, 2.05) is 0 Å². The van der Waals surface area contributed by atoms with E-state index in [2.05, 4.69) is 62.5 Å². The van der Waals surface area contributed by atoms with Gasteiger partial charge in [0.25, 0.3) is 0 Å². The zero-order valence-electron chi connectivity index (χ0n) is 37.5. The Bertz CT molecular complexity index is 1120. The van der Waals surface area contributed by atoms with Crippen molar-refractivity contribution in [2.24, 2.45) is 0 Å². The molecule has 0 aliphatic carbocycles. The Morgan fingerprint density at radius 3 is 1.15 bits per heavy atom. The number of esters is 2. The van der Waals surface area contributed by atoms with E-state index in [0.717, 1.165) is 70.6 Å². The van der Waals surface area contributed by atoms with E-state index >= 15 is 0 Å². The summed E-state index contributed by atoms with van der Waals surface area (Å²) in [6.07, 6.45) is 47.9. The van der Waals surface area contributed by atoms with Gasteiger partial charge in [-0.15, -0.1) is 0 Å². The number of unbranched alkanes of at least 4 members (excludes halogenated alkanes) is 22. The number of phosphoric ester groups is 1. The van der Waals surface area contributed by atoms with E-state index < -0.39 is 58.4 Å². The zero-order chi connectivity index (χ0) is 43.3. The lowest BCUT2D eigenvalue weighted by atomic mass is 10.0. The Morgan fingerprint density at radius 2 is 0.797 bits per heavy atom. The molecule has 0 aliphatic rings. The molecule has 3 atom stereocenters. The van der Waals surface area contributed by atoms with Crippen LogP contribution in [0.5, 0.6) is 0 Å².